The second-order valence-corrected chi connectivity index (χ2v) is 7.66. The first-order valence-corrected chi connectivity index (χ1v) is 8.26. The number of benzene rings is 1. The second kappa shape index (κ2) is 5.08. The van der Waals surface area contributed by atoms with Crippen LogP contribution in [0.4, 0.5) is 0 Å². The van der Waals surface area contributed by atoms with Gasteiger partial charge in [-0.15, -0.1) is 0 Å². The van der Waals surface area contributed by atoms with Crippen LogP contribution in [-0.4, -0.2) is 26.0 Å². The predicted octanol–water partition coefficient (Wildman–Crippen LogP) is 2.03. The van der Waals surface area contributed by atoms with Gasteiger partial charge in [0.05, 0.1) is 11.5 Å². The lowest BCUT2D eigenvalue weighted by molar-refractivity contribution is 0.553. The Morgan fingerprint density at radius 3 is 2.82 bits per heavy atom. The smallest absolute Gasteiger partial charge is 0.151 e. The van der Waals surface area contributed by atoms with Crippen molar-refractivity contribution < 1.29 is 8.42 Å². The second-order valence-electron chi connectivity index (χ2n) is 4.58. The molecule has 1 saturated heterocycles. The molecule has 0 aliphatic carbocycles. The maximum atomic E-state index is 11.3. The van der Waals surface area contributed by atoms with Crippen LogP contribution in [-0.2, 0) is 16.4 Å². The minimum atomic E-state index is -2.79. The van der Waals surface area contributed by atoms with Gasteiger partial charge in [0.25, 0.3) is 0 Å². The molecular formula is C12H16BrNO2S. The summed E-state index contributed by atoms with van der Waals surface area (Å²) in [6.07, 6.45) is 0.728. The van der Waals surface area contributed by atoms with E-state index in [0.717, 1.165) is 10.9 Å². The highest BCUT2D eigenvalue weighted by molar-refractivity contribution is 9.10. The number of halogens is 1. The quantitative estimate of drug-likeness (QED) is 0.928. The van der Waals surface area contributed by atoms with Crippen molar-refractivity contribution in [3.63, 3.8) is 0 Å². The molecule has 2 rings (SSSR count). The number of hydrogen-bond acceptors (Lipinski definition) is 3. The van der Waals surface area contributed by atoms with Crippen molar-refractivity contribution in [3.8, 4) is 0 Å². The van der Waals surface area contributed by atoms with Crippen molar-refractivity contribution in [1.82, 2.24) is 5.32 Å². The lowest BCUT2D eigenvalue weighted by atomic mass is 10.1. The van der Waals surface area contributed by atoms with Crippen LogP contribution < -0.4 is 5.32 Å². The predicted molar refractivity (Wildman–Crippen MR) is 72.8 cm³/mol. The molecule has 1 aliphatic rings. The lowest BCUT2D eigenvalue weighted by Crippen LogP contribution is -2.29. The van der Waals surface area contributed by atoms with Crippen LogP contribution in [0.5, 0.6) is 0 Å². The molecule has 5 heteroatoms. The van der Waals surface area contributed by atoms with Gasteiger partial charge in [0.15, 0.2) is 9.84 Å². The van der Waals surface area contributed by atoms with Gasteiger partial charge >= 0.3 is 0 Å². The van der Waals surface area contributed by atoms with E-state index in [1.165, 1.54) is 11.1 Å². The Labute approximate surface area is 111 Å². The first kappa shape index (κ1) is 13.1. The fourth-order valence-electron chi connectivity index (χ4n) is 2.01. The molecule has 1 aromatic carbocycles. The van der Waals surface area contributed by atoms with Gasteiger partial charge in [-0.25, -0.2) is 8.42 Å². The number of sulfone groups is 1. The molecule has 0 aromatic heterocycles. The number of nitrogens with one attached hydrogen (secondary N) is 1. The minimum Gasteiger partial charge on any atom is -0.309 e. The van der Waals surface area contributed by atoms with Crippen LogP contribution in [0.3, 0.4) is 0 Å². The monoisotopic (exact) mass is 317 g/mol. The van der Waals surface area contributed by atoms with Crippen molar-refractivity contribution in [2.75, 3.05) is 11.5 Å². The average Bonchev–Trinajstić information content (AvgIpc) is 2.57. The summed E-state index contributed by atoms with van der Waals surface area (Å²) < 4.78 is 23.7. The normalized spacial score (nSPS) is 22.8. The summed E-state index contributed by atoms with van der Waals surface area (Å²) in [6, 6.07) is 6.30. The van der Waals surface area contributed by atoms with Crippen molar-refractivity contribution in [2.24, 2.45) is 0 Å². The average molecular weight is 318 g/mol. The number of rotatable bonds is 3. The third-order valence-electron chi connectivity index (χ3n) is 3.02. The van der Waals surface area contributed by atoms with E-state index in [0.29, 0.717) is 12.3 Å². The van der Waals surface area contributed by atoms with Crippen molar-refractivity contribution >= 4 is 25.8 Å². The van der Waals surface area contributed by atoms with Crippen LogP contribution in [0.15, 0.2) is 22.7 Å². The molecule has 1 fully saturated rings. The first-order chi connectivity index (χ1) is 7.96. The maximum Gasteiger partial charge on any atom is 0.151 e. The molecule has 3 nitrogen and oxygen atoms in total. The molecule has 0 saturated carbocycles. The van der Waals surface area contributed by atoms with E-state index >= 15 is 0 Å². The molecule has 0 bridgehead atoms. The van der Waals surface area contributed by atoms with Crippen molar-refractivity contribution in [1.29, 1.82) is 0 Å². The molecular weight excluding hydrogens is 302 g/mol. The topological polar surface area (TPSA) is 46.2 Å². The molecule has 1 aliphatic heterocycles. The van der Waals surface area contributed by atoms with E-state index in [9.17, 15) is 8.42 Å². The fraction of sp³-hybridized carbons (Fsp3) is 0.500. The third-order valence-corrected chi connectivity index (χ3v) is 5.53. The van der Waals surface area contributed by atoms with Gasteiger partial charge in [0.1, 0.15) is 0 Å². The number of aryl methyl sites for hydroxylation is 1. The van der Waals surface area contributed by atoms with E-state index < -0.39 is 9.84 Å². The van der Waals surface area contributed by atoms with Gasteiger partial charge in [-0.05, 0) is 30.5 Å². The van der Waals surface area contributed by atoms with E-state index in [-0.39, 0.29) is 11.8 Å². The van der Waals surface area contributed by atoms with Gasteiger partial charge < -0.3 is 5.32 Å². The maximum absolute atomic E-state index is 11.3. The summed E-state index contributed by atoms with van der Waals surface area (Å²) >= 11 is 3.52. The zero-order chi connectivity index (χ0) is 12.5. The van der Waals surface area contributed by atoms with E-state index in [1.54, 1.807) is 0 Å². The van der Waals surface area contributed by atoms with Crippen LogP contribution in [0, 0.1) is 6.92 Å². The standard InChI is InChI=1S/C12H16BrNO2S/c1-9-2-3-10(12(13)6-9)7-14-11-4-5-17(15,16)8-11/h2-3,6,11,14H,4-5,7-8H2,1H3. The Bertz CT molecular complexity index is 513. The first-order valence-electron chi connectivity index (χ1n) is 5.65. The summed E-state index contributed by atoms with van der Waals surface area (Å²) in [5.41, 5.74) is 2.38. The van der Waals surface area contributed by atoms with Gasteiger partial charge in [-0.2, -0.15) is 0 Å². The Kier molecular flexibility index (Phi) is 3.90. The highest BCUT2D eigenvalue weighted by Crippen LogP contribution is 2.19. The van der Waals surface area contributed by atoms with Gasteiger partial charge in [0, 0.05) is 17.1 Å². The Hall–Kier alpha value is -0.390. The summed E-state index contributed by atoms with van der Waals surface area (Å²) in [4.78, 5) is 0. The zero-order valence-corrected chi connectivity index (χ0v) is 12.1. The molecule has 17 heavy (non-hydrogen) atoms. The van der Waals surface area contributed by atoms with E-state index in [4.69, 9.17) is 0 Å². The summed E-state index contributed by atoms with van der Waals surface area (Å²) in [5, 5.41) is 3.30. The third kappa shape index (κ3) is 3.53. The highest BCUT2D eigenvalue weighted by atomic mass is 79.9. The lowest BCUT2D eigenvalue weighted by Gasteiger charge is -2.12. The van der Waals surface area contributed by atoms with Crippen LogP contribution in [0.1, 0.15) is 17.5 Å². The molecule has 1 heterocycles. The largest absolute Gasteiger partial charge is 0.309 e. The minimum absolute atomic E-state index is 0.105. The van der Waals surface area contributed by atoms with Crippen LogP contribution in [0.2, 0.25) is 0 Å². The molecule has 1 N–H and O–H groups in total. The van der Waals surface area contributed by atoms with Crippen molar-refractivity contribution in [2.45, 2.75) is 25.9 Å². The van der Waals surface area contributed by atoms with Crippen LogP contribution in [0.25, 0.3) is 0 Å². The molecule has 0 radical (unpaired) electrons. The molecule has 1 unspecified atom stereocenters. The molecule has 0 spiro atoms. The van der Waals surface area contributed by atoms with Gasteiger partial charge in [-0.3, -0.25) is 0 Å². The molecule has 1 aromatic rings. The van der Waals surface area contributed by atoms with Crippen LogP contribution >= 0.6 is 15.9 Å². The summed E-state index contributed by atoms with van der Waals surface area (Å²) in [7, 11) is -2.79. The summed E-state index contributed by atoms with van der Waals surface area (Å²) in [5.74, 6) is 0.593. The molecule has 0 amide bonds. The van der Waals surface area contributed by atoms with Crippen molar-refractivity contribution in [3.05, 3.63) is 33.8 Å². The Morgan fingerprint density at radius 2 is 2.24 bits per heavy atom. The Morgan fingerprint density at radius 1 is 1.47 bits per heavy atom. The van der Waals surface area contributed by atoms with Gasteiger partial charge in [0.2, 0.25) is 0 Å². The molecule has 1 atom stereocenters. The zero-order valence-electron chi connectivity index (χ0n) is 9.74. The highest BCUT2D eigenvalue weighted by Gasteiger charge is 2.27. The van der Waals surface area contributed by atoms with E-state index in [1.807, 2.05) is 6.92 Å². The van der Waals surface area contributed by atoms with Gasteiger partial charge in [-0.1, -0.05) is 28.1 Å². The fourth-order valence-corrected chi connectivity index (χ4v) is 4.35. The summed E-state index contributed by atoms with van der Waals surface area (Å²) in [6.45, 7) is 2.76. The van der Waals surface area contributed by atoms with E-state index in [2.05, 4.69) is 39.4 Å². The SMILES string of the molecule is Cc1ccc(CNC2CCS(=O)(=O)C2)c(Br)c1. The molecule has 94 valence electrons. The number of hydrogen-bond donors (Lipinski definition) is 1. The Balaban J connectivity index is 1.95.